The number of nitrogens with zero attached hydrogens (tertiary/aromatic N) is 1. The Balaban J connectivity index is 1.58. The Bertz CT molecular complexity index is 806. The fraction of sp³-hybridized carbons (Fsp3) is 0.353. The van der Waals surface area contributed by atoms with Gasteiger partial charge in [0.1, 0.15) is 5.76 Å². The van der Waals surface area contributed by atoms with Crippen LogP contribution < -0.4 is 4.72 Å². The van der Waals surface area contributed by atoms with Crippen LogP contribution in [0.3, 0.4) is 0 Å². The van der Waals surface area contributed by atoms with Crippen molar-refractivity contribution in [2.45, 2.75) is 30.7 Å². The Morgan fingerprint density at radius 3 is 2.38 bits per heavy atom. The van der Waals surface area contributed by atoms with Crippen molar-refractivity contribution in [1.82, 2.24) is 9.62 Å². The second-order valence-corrected chi connectivity index (χ2v) is 7.63. The summed E-state index contributed by atoms with van der Waals surface area (Å²) in [6.45, 7) is 2.79. The van der Waals surface area contributed by atoms with Crippen molar-refractivity contribution >= 4 is 15.9 Å². The van der Waals surface area contributed by atoms with Crippen LogP contribution in [0.15, 0.2) is 51.8 Å². The summed E-state index contributed by atoms with van der Waals surface area (Å²) in [4.78, 5) is 14.3. The average molecular weight is 348 g/mol. The Morgan fingerprint density at radius 1 is 1.12 bits per heavy atom. The molecular formula is C17H20N2O4S. The quantitative estimate of drug-likeness (QED) is 0.918. The molecule has 1 saturated heterocycles. The number of sulfonamides is 1. The molecule has 24 heavy (non-hydrogen) atoms. The van der Waals surface area contributed by atoms with E-state index < -0.39 is 10.0 Å². The van der Waals surface area contributed by atoms with Crippen molar-refractivity contribution in [3.63, 3.8) is 0 Å². The number of furan rings is 1. The lowest BCUT2D eigenvalue weighted by molar-refractivity contribution is 0.0677. The number of nitrogens with one attached hydrogen (secondary N) is 1. The van der Waals surface area contributed by atoms with E-state index in [1.165, 1.54) is 0 Å². The molecule has 0 spiro atoms. The molecule has 1 aliphatic rings. The number of carbonyl (C=O) groups excluding carboxylic acids is 1. The Hall–Kier alpha value is -2.12. The average Bonchev–Trinajstić information content (AvgIpc) is 3.02. The Labute approximate surface area is 141 Å². The van der Waals surface area contributed by atoms with Crippen LogP contribution in [0.5, 0.6) is 0 Å². The van der Waals surface area contributed by atoms with Crippen molar-refractivity contribution in [2.24, 2.45) is 0 Å². The van der Waals surface area contributed by atoms with Gasteiger partial charge in [0, 0.05) is 19.1 Å². The Kier molecular flexibility index (Phi) is 4.73. The topological polar surface area (TPSA) is 79.6 Å². The van der Waals surface area contributed by atoms with Crippen molar-refractivity contribution in [1.29, 1.82) is 0 Å². The molecule has 1 aromatic carbocycles. The first-order valence-electron chi connectivity index (χ1n) is 7.89. The van der Waals surface area contributed by atoms with Crippen molar-refractivity contribution in [3.05, 3.63) is 54.0 Å². The smallest absolute Gasteiger partial charge is 0.289 e. The highest BCUT2D eigenvalue weighted by molar-refractivity contribution is 7.89. The van der Waals surface area contributed by atoms with Gasteiger partial charge in [-0.3, -0.25) is 4.79 Å². The van der Waals surface area contributed by atoms with Gasteiger partial charge in [-0.1, -0.05) is 18.2 Å². The molecule has 0 aliphatic carbocycles. The van der Waals surface area contributed by atoms with E-state index in [0.29, 0.717) is 37.5 Å². The summed E-state index contributed by atoms with van der Waals surface area (Å²) in [5.74, 6) is 0.882. The number of amides is 1. The van der Waals surface area contributed by atoms with Gasteiger partial charge in [0.05, 0.1) is 4.90 Å². The molecule has 6 nitrogen and oxygen atoms in total. The van der Waals surface area contributed by atoms with Gasteiger partial charge in [-0.25, -0.2) is 13.1 Å². The summed E-state index contributed by atoms with van der Waals surface area (Å²) in [5, 5.41) is 0. The maximum atomic E-state index is 12.3. The van der Waals surface area contributed by atoms with E-state index in [0.717, 1.165) is 0 Å². The van der Waals surface area contributed by atoms with Gasteiger partial charge >= 0.3 is 0 Å². The lowest BCUT2D eigenvalue weighted by Crippen LogP contribution is -2.46. The molecule has 0 unspecified atom stereocenters. The molecule has 2 aromatic rings. The molecule has 2 heterocycles. The van der Waals surface area contributed by atoms with Crippen LogP contribution in [0.25, 0.3) is 0 Å². The molecule has 1 amide bonds. The van der Waals surface area contributed by atoms with E-state index in [-0.39, 0.29) is 16.8 Å². The third-order valence-electron chi connectivity index (χ3n) is 4.11. The lowest BCUT2D eigenvalue weighted by atomic mass is 10.1. The number of likely N-dealkylation sites (tertiary alicyclic amines) is 1. The fourth-order valence-corrected chi connectivity index (χ4v) is 4.12. The van der Waals surface area contributed by atoms with Crippen LogP contribution in [0.1, 0.15) is 29.2 Å². The highest BCUT2D eigenvalue weighted by Gasteiger charge is 2.28. The summed E-state index contributed by atoms with van der Waals surface area (Å²) in [7, 11) is -3.52. The van der Waals surface area contributed by atoms with Gasteiger partial charge in [0.25, 0.3) is 5.91 Å². The van der Waals surface area contributed by atoms with Gasteiger partial charge in [-0.05, 0) is 44.0 Å². The van der Waals surface area contributed by atoms with Gasteiger partial charge < -0.3 is 9.32 Å². The SMILES string of the molecule is Cc1ccc(C(=O)N2CCC(NS(=O)(=O)c3ccccc3)CC2)o1. The maximum Gasteiger partial charge on any atom is 0.289 e. The van der Waals surface area contributed by atoms with E-state index in [4.69, 9.17) is 4.42 Å². The molecule has 1 aromatic heterocycles. The van der Waals surface area contributed by atoms with Crippen LogP contribution in [0, 0.1) is 6.92 Å². The molecule has 0 atom stereocenters. The first kappa shape index (κ1) is 16.7. The van der Waals surface area contributed by atoms with Crippen LogP contribution in [-0.4, -0.2) is 38.4 Å². The zero-order valence-electron chi connectivity index (χ0n) is 13.4. The first-order chi connectivity index (χ1) is 11.5. The van der Waals surface area contributed by atoms with E-state index in [9.17, 15) is 13.2 Å². The second kappa shape index (κ2) is 6.78. The van der Waals surface area contributed by atoms with E-state index in [1.54, 1.807) is 54.3 Å². The molecule has 1 N–H and O–H groups in total. The van der Waals surface area contributed by atoms with Gasteiger partial charge in [0.15, 0.2) is 5.76 Å². The minimum absolute atomic E-state index is 0.146. The summed E-state index contributed by atoms with van der Waals surface area (Å²) < 4.78 is 32.8. The first-order valence-corrected chi connectivity index (χ1v) is 9.37. The number of hydrogen-bond donors (Lipinski definition) is 1. The summed E-state index contributed by atoms with van der Waals surface area (Å²) in [5.41, 5.74) is 0. The minimum atomic E-state index is -3.52. The van der Waals surface area contributed by atoms with Crippen molar-refractivity contribution in [3.8, 4) is 0 Å². The number of benzene rings is 1. The van der Waals surface area contributed by atoms with Crippen LogP contribution >= 0.6 is 0 Å². The van der Waals surface area contributed by atoms with Gasteiger partial charge in [0.2, 0.25) is 10.0 Å². The maximum absolute atomic E-state index is 12.3. The molecule has 128 valence electrons. The Morgan fingerprint density at radius 2 is 1.79 bits per heavy atom. The molecule has 7 heteroatoms. The molecule has 0 radical (unpaired) electrons. The van der Waals surface area contributed by atoms with E-state index >= 15 is 0 Å². The number of piperidine rings is 1. The standard InChI is InChI=1S/C17H20N2O4S/c1-13-7-8-16(23-13)17(20)19-11-9-14(10-12-19)18-24(21,22)15-5-3-2-4-6-15/h2-8,14,18H,9-12H2,1H3. The molecule has 0 saturated carbocycles. The van der Waals surface area contributed by atoms with Crippen molar-refractivity contribution < 1.29 is 17.6 Å². The normalized spacial score (nSPS) is 16.3. The predicted molar refractivity (Wildman–Crippen MR) is 89.1 cm³/mol. The van der Waals surface area contributed by atoms with Crippen molar-refractivity contribution in [2.75, 3.05) is 13.1 Å². The second-order valence-electron chi connectivity index (χ2n) is 5.91. The third-order valence-corrected chi connectivity index (χ3v) is 5.65. The largest absolute Gasteiger partial charge is 0.456 e. The molecule has 1 fully saturated rings. The predicted octanol–water partition coefficient (Wildman–Crippen LogP) is 2.17. The van der Waals surface area contributed by atoms with E-state index in [1.807, 2.05) is 0 Å². The fourth-order valence-electron chi connectivity index (χ4n) is 2.79. The number of hydrogen-bond acceptors (Lipinski definition) is 4. The molecule has 1 aliphatic heterocycles. The van der Waals surface area contributed by atoms with Gasteiger partial charge in [-0.2, -0.15) is 0 Å². The summed E-state index contributed by atoms with van der Waals surface area (Å²) >= 11 is 0. The number of rotatable bonds is 4. The van der Waals surface area contributed by atoms with Crippen LogP contribution in [0.2, 0.25) is 0 Å². The van der Waals surface area contributed by atoms with Crippen LogP contribution in [-0.2, 0) is 10.0 Å². The highest BCUT2D eigenvalue weighted by Crippen LogP contribution is 2.17. The van der Waals surface area contributed by atoms with Crippen LogP contribution in [0.4, 0.5) is 0 Å². The van der Waals surface area contributed by atoms with E-state index in [2.05, 4.69) is 4.72 Å². The summed E-state index contributed by atoms with van der Waals surface area (Å²) in [6, 6.07) is 11.6. The zero-order valence-corrected chi connectivity index (χ0v) is 14.3. The summed E-state index contributed by atoms with van der Waals surface area (Å²) in [6.07, 6.45) is 1.16. The monoisotopic (exact) mass is 348 g/mol. The number of aryl methyl sites for hydroxylation is 1. The lowest BCUT2D eigenvalue weighted by Gasteiger charge is -2.31. The minimum Gasteiger partial charge on any atom is -0.456 e. The zero-order chi connectivity index (χ0) is 17.2. The highest BCUT2D eigenvalue weighted by atomic mass is 32.2. The molecule has 0 bridgehead atoms. The van der Waals surface area contributed by atoms with Gasteiger partial charge in [-0.15, -0.1) is 0 Å². The molecule has 3 rings (SSSR count). The number of carbonyl (C=O) groups is 1. The third kappa shape index (κ3) is 3.68. The molecular weight excluding hydrogens is 328 g/mol.